The molecule has 7 heteroatoms. The quantitative estimate of drug-likeness (QED) is 0.520. The predicted octanol–water partition coefficient (Wildman–Crippen LogP) is 1.44. The number of nitrogens with two attached hydrogens (primary N) is 1. The summed E-state index contributed by atoms with van der Waals surface area (Å²) in [6, 6.07) is 7.30. The van der Waals surface area contributed by atoms with E-state index >= 15 is 0 Å². The summed E-state index contributed by atoms with van der Waals surface area (Å²) in [6.45, 7) is 0.0469. The Morgan fingerprint density at radius 3 is 2.90 bits per heavy atom. The number of anilines is 1. The first-order valence-corrected chi connectivity index (χ1v) is 9.73. The number of hydrogen-bond acceptors (Lipinski definition) is 5. The van der Waals surface area contributed by atoms with Gasteiger partial charge >= 0.3 is 0 Å². The molecule has 2 rings (SSSR count). The van der Waals surface area contributed by atoms with Gasteiger partial charge in [-0.2, -0.15) is 0 Å². The van der Waals surface area contributed by atoms with Crippen LogP contribution in [0.3, 0.4) is 0 Å². The number of sulfonamides is 1. The maximum atomic E-state index is 12.1. The third-order valence-corrected chi connectivity index (χ3v) is 6.36. The van der Waals surface area contributed by atoms with Crippen LogP contribution in [0.25, 0.3) is 0 Å². The lowest BCUT2D eigenvalue weighted by molar-refractivity contribution is 0.213. The topological polar surface area (TPSA) is 92.4 Å². The largest absolute Gasteiger partial charge is 0.399 e. The molecular formula is C14H22N2O3S2. The van der Waals surface area contributed by atoms with Gasteiger partial charge in [-0.05, 0) is 37.0 Å². The fourth-order valence-corrected chi connectivity index (χ4v) is 5.30. The molecule has 4 N–H and O–H groups in total. The molecule has 1 aliphatic rings. The minimum absolute atomic E-state index is 0.0469. The molecule has 0 aliphatic heterocycles. The number of thioether (sulfide) groups is 1. The fourth-order valence-electron chi connectivity index (χ4n) is 2.57. The average Bonchev–Trinajstić information content (AvgIpc) is 2.85. The van der Waals surface area contributed by atoms with Crippen LogP contribution >= 0.6 is 11.8 Å². The van der Waals surface area contributed by atoms with Crippen LogP contribution in [0.2, 0.25) is 0 Å². The van der Waals surface area contributed by atoms with Crippen molar-refractivity contribution >= 4 is 27.5 Å². The highest BCUT2D eigenvalue weighted by atomic mass is 32.2. The average molecular weight is 330 g/mol. The lowest BCUT2D eigenvalue weighted by Crippen LogP contribution is -2.40. The second kappa shape index (κ2) is 7.49. The van der Waals surface area contributed by atoms with Crippen molar-refractivity contribution in [2.24, 2.45) is 5.92 Å². The SMILES string of the molecule is Nc1cccc(SCCS(=O)(=O)NC2CCCC2CO)c1. The molecule has 0 saturated heterocycles. The van der Waals surface area contributed by atoms with Crippen molar-refractivity contribution < 1.29 is 13.5 Å². The van der Waals surface area contributed by atoms with Crippen molar-refractivity contribution in [3.05, 3.63) is 24.3 Å². The summed E-state index contributed by atoms with van der Waals surface area (Å²) in [7, 11) is -3.30. The minimum atomic E-state index is -3.30. The molecule has 5 nitrogen and oxygen atoms in total. The normalized spacial score (nSPS) is 22.5. The third kappa shape index (κ3) is 5.18. The van der Waals surface area contributed by atoms with E-state index in [1.165, 1.54) is 11.8 Å². The zero-order valence-corrected chi connectivity index (χ0v) is 13.5. The van der Waals surface area contributed by atoms with E-state index in [1.807, 2.05) is 18.2 Å². The third-order valence-electron chi connectivity index (χ3n) is 3.70. The van der Waals surface area contributed by atoms with Gasteiger partial charge in [-0.3, -0.25) is 0 Å². The van der Waals surface area contributed by atoms with Crippen LogP contribution in [0, 0.1) is 5.92 Å². The molecule has 0 aromatic heterocycles. The molecule has 118 valence electrons. The maximum absolute atomic E-state index is 12.1. The van der Waals surface area contributed by atoms with Gasteiger partial charge in [-0.1, -0.05) is 12.5 Å². The molecular weight excluding hydrogens is 308 g/mol. The first-order chi connectivity index (χ1) is 10.00. The smallest absolute Gasteiger partial charge is 0.212 e. The second-order valence-electron chi connectivity index (χ2n) is 5.34. The van der Waals surface area contributed by atoms with Crippen LogP contribution in [-0.2, 0) is 10.0 Å². The van der Waals surface area contributed by atoms with Crippen molar-refractivity contribution in [2.75, 3.05) is 23.8 Å². The minimum Gasteiger partial charge on any atom is -0.399 e. The monoisotopic (exact) mass is 330 g/mol. The van der Waals surface area contributed by atoms with Crippen molar-refractivity contribution in [1.82, 2.24) is 4.72 Å². The first kappa shape index (κ1) is 16.6. The summed E-state index contributed by atoms with van der Waals surface area (Å²) in [5, 5.41) is 9.23. The molecule has 1 aromatic carbocycles. The molecule has 1 aromatic rings. The number of benzene rings is 1. The Labute approximate surface area is 130 Å². The molecule has 1 aliphatic carbocycles. The molecule has 0 bridgehead atoms. The lowest BCUT2D eigenvalue weighted by atomic mass is 10.1. The molecule has 0 amide bonds. The summed E-state index contributed by atoms with van der Waals surface area (Å²) in [5.41, 5.74) is 6.37. The number of aliphatic hydroxyl groups excluding tert-OH is 1. The molecule has 1 saturated carbocycles. The Balaban J connectivity index is 1.81. The van der Waals surface area contributed by atoms with Gasteiger partial charge in [0.15, 0.2) is 0 Å². The van der Waals surface area contributed by atoms with Gasteiger partial charge in [0.2, 0.25) is 10.0 Å². The highest BCUT2D eigenvalue weighted by Gasteiger charge is 2.29. The van der Waals surface area contributed by atoms with E-state index in [9.17, 15) is 13.5 Å². The van der Waals surface area contributed by atoms with Crippen molar-refractivity contribution in [1.29, 1.82) is 0 Å². The van der Waals surface area contributed by atoms with E-state index in [0.717, 1.165) is 24.2 Å². The summed E-state index contributed by atoms with van der Waals surface area (Å²) in [4.78, 5) is 0.972. The molecule has 2 atom stereocenters. The zero-order chi connectivity index (χ0) is 15.3. The van der Waals surface area contributed by atoms with E-state index in [-0.39, 0.29) is 24.3 Å². The molecule has 0 heterocycles. The number of nitrogens with one attached hydrogen (secondary N) is 1. The summed E-state index contributed by atoms with van der Waals surface area (Å²) in [5.74, 6) is 0.609. The Hall–Kier alpha value is -0.760. The lowest BCUT2D eigenvalue weighted by Gasteiger charge is -2.18. The Kier molecular flexibility index (Phi) is 5.92. The maximum Gasteiger partial charge on any atom is 0.212 e. The van der Waals surface area contributed by atoms with E-state index in [2.05, 4.69) is 4.72 Å². The Morgan fingerprint density at radius 1 is 1.38 bits per heavy atom. The summed E-state index contributed by atoms with van der Waals surface area (Å²) >= 11 is 1.48. The second-order valence-corrected chi connectivity index (χ2v) is 8.38. The first-order valence-electron chi connectivity index (χ1n) is 7.09. The van der Waals surface area contributed by atoms with Gasteiger partial charge in [0.05, 0.1) is 5.75 Å². The number of hydrogen-bond donors (Lipinski definition) is 3. The number of rotatable bonds is 7. The van der Waals surface area contributed by atoms with Crippen LogP contribution in [0.4, 0.5) is 5.69 Å². The molecule has 1 fully saturated rings. The van der Waals surface area contributed by atoms with Crippen molar-refractivity contribution in [3.8, 4) is 0 Å². The van der Waals surface area contributed by atoms with Crippen LogP contribution in [0.15, 0.2) is 29.2 Å². The molecule has 0 radical (unpaired) electrons. The summed E-state index contributed by atoms with van der Waals surface area (Å²) in [6.07, 6.45) is 2.67. The van der Waals surface area contributed by atoms with Gasteiger partial charge in [-0.15, -0.1) is 11.8 Å². The standard InChI is InChI=1S/C14H22N2O3S2/c15-12-4-2-5-13(9-12)20-7-8-21(18,19)16-14-6-1-3-11(14)10-17/h2,4-5,9,11,14,16-17H,1,3,6-8,10,15H2. The fraction of sp³-hybridized carbons (Fsp3) is 0.571. The highest BCUT2D eigenvalue weighted by molar-refractivity contribution is 8.00. The number of aliphatic hydroxyl groups is 1. The predicted molar refractivity (Wildman–Crippen MR) is 86.7 cm³/mol. The molecule has 2 unspecified atom stereocenters. The van der Waals surface area contributed by atoms with E-state index in [1.54, 1.807) is 6.07 Å². The van der Waals surface area contributed by atoms with Gasteiger partial charge in [-0.25, -0.2) is 13.1 Å². The zero-order valence-electron chi connectivity index (χ0n) is 11.9. The van der Waals surface area contributed by atoms with Gasteiger partial charge < -0.3 is 10.8 Å². The number of nitrogen functional groups attached to an aromatic ring is 1. The van der Waals surface area contributed by atoms with Crippen LogP contribution in [0.1, 0.15) is 19.3 Å². The van der Waals surface area contributed by atoms with Crippen molar-refractivity contribution in [2.45, 2.75) is 30.2 Å². The van der Waals surface area contributed by atoms with E-state index < -0.39 is 10.0 Å². The van der Waals surface area contributed by atoms with Crippen LogP contribution < -0.4 is 10.5 Å². The van der Waals surface area contributed by atoms with Crippen molar-refractivity contribution in [3.63, 3.8) is 0 Å². The Morgan fingerprint density at radius 2 is 2.19 bits per heavy atom. The van der Waals surface area contributed by atoms with Crippen LogP contribution in [0.5, 0.6) is 0 Å². The highest BCUT2D eigenvalue weighted by Crippen LogP contribution is 2.26. The van der Waals surface area contributed by atoms with E-state index in [4.69, 9.17) is 5.73 Å². The molecule has 0 spiro atoms. The van der Waals surface area contributed by atoms with Crippen LogP contribution in [-0.4, -0.2) is 37.7 Å². The van der Waals surface area contributed by atoms with Gasteiger partial charge in [0, 0.05) is 29.0 Å². The van der Waals surface area contributed by atoms with Gasteiger partial charge in [0.25, 0.3) is 0 Å². The Bertz CT molecular complexity index is 563. The molecule has 21 heavy (non-hydrogen) atoms. The van der Waals surface area contributed by atoms with E-state index in [0.29, 0.717) is 11.4 Å². The summed E-state index contributed by atoms with van der Waals surface area (Å²) < 4.78 is 26.9. The van der Waals surface area contributed by atoms with Gasteiger partial charge in [0.1, 0.15) is 0 Å².